The fraction of sp³-hybridized carbons (Fsp3) is 0.417. The number of rotatable bonds is 8. The first kappa shape index (κ1) is 25.2. The Labute approximate surface area is 197 Å². The molecule has 1 aliphatic rings. The predicted molar refractivity (Wildman–Crippen MR) is 124 cm³/mol. The van der Waals surface area contributed by atoms with Gasteiger partial charge >= 0.3 is 0 Å². The molecule has 34 heavy (non-hydrogen) atoms. The second kappa shape index (κ2) is 10.7. The van der Waals surface area contributed by atoms with E-state index >= 15 is 0 Å². The fourth-order valence-electron chi connectivity index (χ4n) is 3.98. The SMILES string of the molecule is CCC(NC)C(=O)NC(C(=O)N1c2ncccc2CC1C(=O)Nc1c(F)cccc1F)C(C)C. The molecule has 0 fully saturated rings. The van der Waals surface area contributed by atoms with Gasteiger partial charge in [0.05, 0.1) is 6.04 Å². The second-order valence-electron chi connectivity index (χ2n) is 8.48. The van der Waals surface area contributed by atoms with Crippen molar-refractivity contribution in [3.63, 3.8) is 0 Å². The highest BCUT2D eigenvalue weighted by Gasteiger charge is 2.43. The van der Waals surface area contributed by atoms with Crippen LogP contribution in [-0.2, 0) is 20.8 Å². The van der Waals surface area contributed by atoms with Crippen LogP contribution < -0.4 is 20.9 Å². The van der Waals surface area contributed by atoms with Crippen molar-refractivity contribution >= 4 is 29.2 Å². The smallest absolute Gasteiger partial charge is 0.251 e. The summed E-state index contributed by atoms with van der Waals surface area (Å²) in [6, 6.07) is 4.14. The highest BCUT2D eigenvalue weighted by atomic mass is 19.1. The van der Waals surface area contributed by atoms with Gasteiger partial charge in [-0.15, -0.1) is 0 Å². The third-order valence-electron chi connectivity index (χ3n) is 5.88. The number of fused-ring (bicyclic) bond motifs is 1. The lowest BCUT2D eigenvalue weighted by Gasteiger charge is -2.31. The number of nitrogens with one attached hydrogen (secondary N) is 3. The molecule has 2 aromatic rings. The monoisotopic (exact) mass is 473 g/mol. The maximum absolute atomic E-state index is 14.1. The van der Waals surface area contributed by atoms with Crippen LogP contribution in [0.5, 0.6) is 0 Å². The molecule has 3 amide bonds. The number of pyridine rings is 1. The third-order valence-corrected chi connectivity index (χ3v) is 5.88. The number of likely N-dealkylation sites (N-methyl/N-ethyl adjacent to an activating group) is 1. The van der Waals surface area contributed by atoms with Crippen LogP contribution in [0.2, 0.25) is 0 Å². The number of carbonyl (C=O) groups is 3. The van der Waals surface area contributed by atoms with Crippen molar-refractivity contribution in [3.8, 4) is 0 Å². The van der Waals surface area contributed by atoms with Crippen molar-refractivity contribution in [2.45, 2.75) is 51.7 Å². The highest BCUT2D eigenvalue weighted by Crippen LogP contribution is 2.32. The molecule has 0 saturated carbocycles. The summed E-state index contributed by atoms with van der Waals surface area (Å²) >= 11 is 0. The zero-order chi connectivity index (χ0) is 25.0. The van der Waals surface area contributed by atoms with Crippen LogP contribution in [0.1, 0.15) is 32.8 Å². The Hall–Kier alpha value is -3.40. The fourth-order valence-corrected chi connectivity index (χ4v) is 3.98. The summed E-state index contributed by atoms with van der Waals surface area (Å²) in [4.78, 5) is 45.1. The second-order valence-corrected chi connectivity index (χ2v) is 8.48. The predicted octanol–water partition coefficient (Wildman–Crippen LogP) is 2.40. The van der Waals surface area contributed by atoms with E-state index in [1.807, 2.05) is 6.92 Å². The minimum Gasteiger partial charge on any atom is -0.343 e. The molecule has 3 unspecified atom stereocenters. The van der Waals surface area contributed by atoms with Crippen molar-refractivity contribution in [1.82, 2.24) is 15.6 Å². The number of aromatic nitrogens is 1. The molecule has 0 radical (unpaired) electrons. The lowest BCUT2D eigenvalue weighted by atomic mass is 10.0. The van der Waals surface area contributed by atoms with Crippen molar-refractivity contribution < 1.29 is 23.2 Å². The van der Waals surface area contributed by atoms with E-state index in [0.29, 0.717) is 12.0 Å². The molecule has 0 bridgehead atoms. The topological polar surface area (TPSA) is 103 Å². The molecule has 0 saturated heterocycles. The van der Waals surface area contributed by atoms with E-state index in [9.17, 15) is 23.2 Å². The number of halogens is 2. The van der Waals surface area contributed by atoms with Crippen LogP contribution in [0.3, 0.4) is 0 Å². The number of nitrogens with zero attached hydrogens (tertiary/aromatic N) is 2. The van der Waals surface area contributed by atoms with Crippen LogP contribution in [0.4, 0.5) is 20.3 Å². The quantitative estimate of drug-likeness (QED) is 0.546. The Balaban J connectivity index is 1.93. The molecule has 0 spiro atoms. The van der Waals surface area contributed by atoms with Gasteiger partial charge in [-0.25, -0.2) is 13.8 Å². The van der Waals surface area contributed by atoms with Crippen molar-refractivity contribution in [1.29, 1.82) is 0 Å². The summed E-state index contributed by atoms with van der Waals surface area (Å²) < 4.78 is 28.3. The molecule has 3 N–H and O–H groups in total. The van der Waals surface area contributed by atoms with E-state index in [0.717, 1.165) is 12.1 Å². The van der Waals surface area contributed by atoms with Gasteiger partial charge in [0.1, 0.15) is 35.2 Å². The Morgan fingerprint density at radius 3 is 2.41 bits per heavy atom. The third kappa shape index (κ3) is 5.06. The lowest BCUT2D eigenvalue weighted by Crippen LogP contribution is -2.58. The van der Waals surface area contributed by atoms with Gasteiger partial charge in [-0.3, -0.25) is 19.3 Å². The van der Waals surface area contributed by atoms with Gasteiger partial charge in [0.25, 0.3) is 5.91 Å². The van der Waals surface area contributed by atoms with Crippen molar-refractivity contribution in [2.75, 3.05) is 17.3 Å². The Morgan fingerprint density at radius 2 is 1.82 bits per heavy atom. The van der Waals surface area contributed by atoms with Crippen LogP contribution >= 0.6 is 0 Å². The average molecular weight is 474 g/mol. The number of anilines is 2. The molecular formula is C24H29F2N5O3. The summed E-state index contributed by atoms with van der Waals surface area (Å²) in [6.45, 7) is 5.40. The molecule has 182 valence electrons. The van der Waals surface area contributed by atoms with Gasteiger partial charge in [0.2, 0.25) is 11.8 Å². The largest absolute Gasteiger partial charge is 0.343 e. The Kier molecular flexibility index (Phi) is 7.93. The molecule has 3 rings (SSSR count). The minimum absolute atomic E-state index is 0.115. The zero-order valence-corrected chi connectivity index (χ0v) is 19.6. The van der Waals surface area contributed by atoms with Crippen LogP contribution in [0.15, 0.2) is 36.5 Å². The van der Waals surface area contributed by atoms with Crippen molar-refractivity contribution in [3.05, 3.63) is 53.7 Å². The van der Waals surface area contributed by atoms with Gasteiger partial charge in [0.15, 0.2) is 0 Å². The van der Waals surface area contributed by atoms with E-state index in [4.69, 9.17) is 0 Å². The molecule has 2 heterocycles. The van der Waals surface area contributed by atoms with Crippen molar-refractivity contribution in [2.24, 2.45) is 5.92 Å². The highest BCUT2D eigenvalue weighted by molar-refractivity contribution is 6.09. The van der Waals surface area contributed by atoms with Gasteiger partial charge in [-0.1, -0.05) is 32.9 Å². The molecule has 10 heteroatoms. The first-order valence-electron chi connectivity index (χ1n) is 11.2. The number of carbonyl (C=O) groups excluding carboxylic acids is 3. The Morgan fingerprint density at radius 1 is 1.15 bits per heavy atom. The molecule has 0 aliphatic carbocycles. The molecule has 1 aliphatic heterocycles. The van der Waals surface area contributed by atoms with E-state index in [1.165, 1.54) is 17.2 Å². The van der Waals surface area contributed by atoms with Crippen LogP contribution in [-0.4, -0.2) is 47.9 Å². The van der Waals surface area contributed by atoms with E-state index < -0.39 is 47.3 Å². The van der Waals surface area contributed by atoms with E-state index in [-0.39, 0.29) is 24.1 Å². The average Bonchev–Trinajstić information content (AvgIpc) is 3.20. The van der Waals surface area contributed by atoms with Crippen LogP contribution in [0.25, 0.3) is 0 Å². The van der Waals surface area contributed by atoms with E-state index in [2.05, 4.69) is 20.9 Å². The first-order chi connectivity index (χ1) is 16.2. The maximum atomic E-state index is 14.1. The molecular weight excluding hydrogens is 444 g/mol. The minimum atomic E-state index is -1.10. The summed E-state index contributed by atoms with van der Waals surface area (Å²) in [7, 11) is 1.66. The summed E-state index contributed by atoms with van der Waals surface area (Å²) in [6.07, 6.45) is 2.13. The van der Waals surface area contributed by atoms with Crippen LogP contribution in [0, 0.1) is 17.6 Å². The summed E-state index contributed by atoms with van der Waals surface area (Å²) in [5.74, 6) is -3.50. The number of amides is 3. The molecule has 1 aromatic heterocycles. The molecule has 1 aromatic carbocycles. The normalized spacial score (nSPS) is 16.7. The van der Waals surface area contributed by atoms with E-state index in [1.54, 1.807) is 33.0 Å². The number of hydrogen-bond donors (Lipinski definition) is 3. The first-order valence-corrected chi connectivity index (χ1v) is 11.2. The van der Waals surface area contributed by atoms with Gasteiger partial charge in [-0.05, 0) is 43.1 Å². The number of hydrogen-bond acceptors (Lipinski definition) is 5. The number of benzene rings is 1. The zero-order valence-electron chi connectivity index (χ0n) is 19.6. The summed E-state index contributed by atoms with van der Waals surface area (Å²) in [5.41, 5.74) is 0.0535. The van der Waals surface area contributed by atoms with Gasteiger partial charge < -0.3 is 16.0 Å². The summed E-state index contributed by atoms with van der Waals surface area (Å²) in [5, 5.41) is 7.96. The molecule has 8 nitrogen and oxygen atoms in total. The molecule has 3 atom stereocenters. The lowest BCUT2D eigenvalue weighted by molar-refractivity contribution is -0.130. The Bertz CT molecular complexity index is 1050. The number of para-hydroxylation sites is 1. The maximum Gasteiger partial charge on any atom is 0.251 e. The van der Waals surface area contributed by atoms with Gasteiger partial charge in [-0.2, -0.15) is 0 Å². The van der Waals surface area contributed by atoms with Gasteiger partial charge in [0, 0.05) is 12.6 Å². The standard InChI is InChI=1S/C24H29F2N5O3/c1-5-17(27-4)22(32)29-19(13(2)3)24(34)31-18(12-14-8-7-11-28-21(14)31)23(33)30-20-15(25)9-6-10-16(20)26/h6-11,13,17-19,27H,5,12H2,1-4H3,(H,29,32)(H,30,33).